The SMILES string of the molecule is CCCNC(CCc1ccco1)Cc1cn(C)nn1. The lowest BCUT2D eigenvalue weighted by Crippen LogP contribution is -2.32. The molecule has 0 amide bonds. The van der Waals surface area contributed by atoms with E-state index in [4.69, 9.17) is 4.42 Å². The second-order valence-corrected chi connectivity index (χ2v) is 4.86. The van der Waals surface area contributed by atoms with Crippen LogP contribution in [0.25, 0.3) is 0 Å². The third-order valence-electron chi connectivity index (χ3n) is 3.11. The van der Waals surface area contributed by atoms with Crippen LogP contribution in [0.3, 0.4) is 0 Å². The van der Waals surface area contributed by atoms with E-state index in [1.807, 2.05) is 25.4 Å². The molecule has 0 aliphatic carbocycles. The lowest BCUT2D eigenvalue weighted by molar-refractivity contribution is 0.439. The second kappa shape index (κ2) is 7.09. The van der Waals surface area contributed by atoms with Crippen LogP contribution in [0.2, 0.25) is 0 Å². The van der Waals surface area contributed by atoms with E-state index in [0.717, 1.165) is 43.7 Å². The molecule has 5 heteroatoms. The Hall–Kier alpha value is -1.62. The maximum Gasteiger partial charge on any atom is 0.103 e. The van der Waals surface area contributed by atoms with Crippen molar-refractivity contribution < 1.29 is 4.42 Å². The van der Waals surface area contributed by atoms with Crippen molar-refractivity contribution in [3.63, 3.8) is 0 Å². The van der Waals surface area contributed by atoms with Crippen LogP contribution in [0.5, 0.6) is 0 Å². The average molecular weight is 262 g/mol. The van der Waals surface area contributed by atoms with Gasteiger partial charge in [0.1, 0.15) is 5.76 Å². The highest BCUT2D eigenvalue weighted by Crippen LogP contribution is 2.09. The van der Waals surface area contributed by atoms with Crippen LogP contribution in [0, 0.1) is 0 Å². The van der Waals surface area contributed by atoms with Crippen molar-refractivity contribution in [3.05, 3.63) is 36.0 Å². The molecule has 0 saturated carbocycles. The molecule has 2 aromatic heterocycles. The molecule has 0 spiro atoms. The maximum atomic E-state index is 5.38. The number of aryl methyl sites for hydroxylation is 2. The van der Waals surface area contributed by atoms with Gasteiger partial charge >= 0.3 is 0 Å². The Labute approximate surface area is 114 Å². The van der Waals surface area contributed by atoms with Gasteiger partial charge in [-0.2, -0.15) is 0 Å². The van der Waals surface area contributed by atoms with Crippen LogP contribution in [0.1, 0.15) is 31.2 Å². The molecule has 0 radical (unpaired) electrons. The van der Waals surface area contributed by atoms with Crippen molar-refractivity contribution >= 4 is 0 Å². The van der Waals surface area contributed by atoms with Gasteiger partial charge in [-0.25, -0.2) is 0 Å². The first kappa shape index (κ1) is 13.8. The summed E-state index contributed by atoms with van der Waals surface area (Å²) in [5.41, 5.74) is 1.04. The molecule has 0 saturated heterocycles. The number of hydrogen-bond acceptors (Lipinski definition) is 4. The second-order valence-electron chi connectivity index (χ2n) is 4.86. The van der Waals surface area contributed by atoms with E-state index >= 15 is 0 Å². The summed E-state index contributed by atoms with van der Waals surface area (Å²) in [6, 6.07) is 4.38. The topological polar surface area (TPSA) is 55.9 Å². The van der Waals surface area contributed by atoms with Crippen LogP contribution in [0.4, 0.5) is 0 Å². The van der Waals surface area contributed by atoms with Gasteiger partial charge in [0, 0.05) is 32.1 Å². The van der Waals surface area contributed by atoms with Gasteiger partial charge in [0.2, 0.25) is 0 Å². The molecule has 5 nitrogen and oxygen atoms in total. The highest BCUT2D eigenvalue weighted by Gasteiger charge is 2.12. The van der Waals surface area contributed by atoms with Gasteiger partial charge in [-0.1, -0.05) is 12.1 Å². The van der Waals surface area contributed by atoms with Gasteiger partial charge in [-0.05, 0) is 31.5 Å². The van der Waals surface area contributed by atoms with E-state index in [9.17, 15) is 0 Å². The lowest BCUT2D eigenvalue weighted by Gasteiger charge is -2.16. The first-order valence-corrected chi connectivity index (χ1v) is 6.89. The minimum atomic E-state index is 0.418. The fourth-order valence-corrected chi connectivity index (χ4v) is 2.14. The van der Waals surface area contributed by atoms with Crippen LogP contribution in [-0.2, 0) is 19.9 Å². The predicted octanol–water partition coefficient (Wildman–Crippen LogP) is 1.95. The molecule has 0 aromatic carbocycles. The van der Waals surface area contributed by atoms with Crippen molar-refractivity contribution in [1.82, 2.24) is 20.3 Å². The minimum absolute atomic E-state index is 0.418. The Morgan fingerprint density at radius 3 is 3.00 bits per heavy atom. The first-order valence-electron chi connectivity index (χ1n) is 6.89. The summed E-state index contributed by atoms with van der Waals surface area (Å²) in [5, 5.41) is 11.7. The fourth-order valence-electron chi connectivity index (χ4n) is 2.14. The zero-order valence-electron chi connectivity index (χ0n) is 11.7. The van der Waals surface area contributed by atoms with Crippen molar-refractivity contribution in [2.24, 2.45) is 7.05 Å². The summed E-state index contributed by atoms with van der Waals surface area (Å²) in [6.07, 6.45) is 7.75. The molecule has 104 valence electrons. The standard InChI is InChI=1S/C14H22N4O/c1-3-8-15-12(6-7-14-5-4-9-19-14)10-13-11-18(2)17-16-13/h4-5,9,11-12,15H,3,6-8,10H2,1-2H3. The molecule has 19 heavy (non-hydrogen) atoms. The summed E-state index contributed by atoms with van der Waals surface area (Å²) in [5.74, 6) is 1.04. The van der Waals surface area contributed by atoms with Crippen LogP contribution >= 0.6 is 0 Å². The van der Waals surface area contributed by atoms with Gasteiger partial charge in [-0.3, -0.25) is 4.68 Å². The summed E-state index contributed by atoms with van der Waals surface area (Å²) in [6.45, 7) is 3.21. The highest BCUT2D eigenvalue weighted by atomic mass is 16.3. The monoisotopic (exact) mass is 262 g/mol. The Bertz CT molecular complexity index is 464. The lowest BCUT2D eigenvalue weighted by atomic mass is 10.0. The Kier molecular flexibility index (Phi) is 5.15. The van der Waals surface area contributed by atoms with E-state index in [2.05, 4.69) is 22.6 Å². The number of nitrogens with one attached hydrogen (secondary N) is 1. The van der Waals surface area contributed by atoms with Gasteiger partial charge < -0.3 is 9.73 Å². The molecule has 0 bridgehead atoms. The normalized spacial score (nSPS) is 12.7. The van der Waals surface area contributed by atoms with E-state index < -0.39 is 0 Å². The minimum Gasteiger partial charge on any atom is -0.469 e. The predicted molar refractivity (Wildman–Crippen MR) is 73.8 cm³/mol. The third kappa shape index (κ3) is 4.52. The summed E-state index contributed by atoms with van der Waals surface area (Å²) in [4.78, 5) is 0. The quantitative estimate of drug-likeness (QED) is 0.790. The number of hydrogen-bond donors (Lipinski definition) is 1. The van der Waals surface area contributed by atoms with Gasteiger partial charge in [-0.15, -0.1) is 5.10 Å². The van der Waals surface area contributed by atoms with Crippen molar-refractivity contribution in [2.75, 3.05) is 6.54 Å². The van der Waals surface area contributed by atoms with Gasteiger partial charge in [0.15, 0.2) is 0 Å². The number of aromatic nitrogens is 3. The number of furan rings is 1. The van der Waals surface area contributed by atoms with Crippen molar-refractivity contribution in [1.29, 1.82) is 0 Å². The summed E-state index contributed by atoms with van der Waals surface area (Å²) >= 11 is 0. The Morgan fingerprint density at radius 2 is 2.37 bits per heavy atom. The zero-order chi connectivity index (χ0) is 13.5. The Balaban J connectivity index is 1.87. The molecule has 1 N–H and O–H groups in total. The largest absolute Gasteiger partial charge is 0.469 e. The molecule has 2 aromatic rings. The molecule has 0 aliphatic heterocycles. The van der Waals surface area contributed by atoms with E-state index in [-0.39, 0.29) is 0 Å². The van der Waals surface area contributed by atoms with Crippen LogP contribution in [0.15, 0.2) is 29.0 Å². The van der Waals surface area contributed by atoms with Crippen LogP contribution < -0.4 is 5.32 Å². The maximum absolute atomic E-state index is 5.38. The van der Waals surface area contributed by atoms with E-state index in [0.29, 0.717) is 6.04 Å². The fraction of sp³-hybridized carbons (Fsp3) is 0.571. The zero-order valence-corrected chi connectivity index (χ0v) is 11.7. The molecule has 0 aliphatic rings. The van der Waals surface area contributed by atoms with Crippen molar-refractivity contribution in [2.45, 2.75) is 38.6 Å². The van der Waals surface area contributed by atoms with E-state index in [1.165, 1.54) is 0 Å². The van der Waals surface area contributed by atoms with E-state index in [1.54, 1.807) is 10.9 Å². The molecule has 2 rings (SSSR count). The number of rotatable bonds is 8. The van der Waals surface area contributed by atoms with Crippen LogP contribution in [-0.4, -0.2) is 27.6 Å². The first-order chi connectivity index (χ1) is 9.28. The number of nitrogens with zero attached hydrogens (tertiary/aromatic N) is 3. The van der Waals surface area contributed by atoms with Gasteiger partial charge in [0.05, 0.1) is 12.0 Å². The third-order valence-corrected chi connectivity index (χ3v) is 3.11. The molecular weight excluding hydrogens is 240 g/mol. The highest BCUT2D eigenvalue weighted by molar-refractivity contribution is 5.00. The summed E-state index contributed by atoms with van der Waals surface area (Å²) < 4.78 is 7.13. The molecular formula is C14H22N4O. The molecule has 2 heterocycles. The van der Waals surface area contributed by atoms with Gasteiger partial charge in [0.25, 0.3) is 0 Å². The average Bonchev–Trinajstić information content (AvgIpc) is 3.04. The van der Waals surface area contributed by atoms with Crippen molar-refractivity contribution in [3.8, 4) is 0 Å². The molecule has 1 unspecified atom stereocenters. The Morgan fingerprint density at radius 1 is 1.47 bits per heavy atom. The smallest absolute Gasteiger partial charge is 0.103 e. The molecule has 1 atom stereocenters. The summed E-state index contributed by atoms with van der Waals surface area (Å²) in [7, 11) is 1.90. The molecule has 0 fully saturated rings.